The fourth-order valence-corrected chi connectivity index (χ4v) is 1.22. The summed E-state index contributed by atoms with van der Waals surface area (Å²) in [5, 5.41) is 2.60. The third kappa shape index (κ3) is 4.88. The average Bonchev–Trinajstić information content (AvgIpc) is 2.34. The molecule has 0 radical (unpaired) electrons. The Bertz CT molecular complexity index is 360. The van der Waals surface area contributed by atoms with E-state index < -0.39 is 11.7 Å². The lowest BCUT2D eigenvalue weighted by Crippen LogP contribution is -2.26. The van der Waals surface area contributed by atoms with Crippen LogP contribution >= 0.6 is 0 Å². The maximum Gasteiger partial charge on any atom is 0.254 e. The number of carbonyl (C=O) groups is 1. The van der Waals surface area contributed by atoms with Crippen molar-refractivity contribution in [3.8, 4) is 0 Å². The molecule has 1 aromatic heterocycles. The summed E-state index contributed by atoms with van der Waals surface area (Å²) in [4.78, 5) is 15.1. The van der Waals surface area contributed by atoms with Crippen molar-refractivity contribution >= 4 is 5.91 Å². The quantitative estimate of drug-likeness (QED) is 0.674. The van der Waals surface area contributed by atoms with Gasteiger partial charge in [0, 0.05) is 25.9 Å². The Morgan fingerprint density at radius 3 is 3.06 bits per heavy atom. The van der Waals surface area contributed by atoms with E-state index in [0.29, 0.717) is 32.7 Å². The number of rotatable bonds is 7. The summed E-state index contributed by atoms with van der Waals surface area (Å²) in [5.74, 6) is -1.06. The molecule has 1 amide bonds. The molecule has 1 rings (SSSR count). The molecule has 94 valence electrons. The van der Waals surface area contributed by atoms with Crippen LogP contribution in [0.15, 0.2) is 18.5 Å². The topological polar surface area (TPSA) is 77.2 Å². The maximum absolute atomic E-state index is 13.2. The standard InChI is InChI=1S/C11H16FN3O2/c12-10-8-14-5-2-9(10)11(16)15-4-1-6-17-7-3-13/h2,5,8H,1,3-4,6-7,13H2,(H,15,16). The number of hydrogen-bond acceptors (Lipinski definition) is 4. The van der Waals surface area contributed by atoms with Crippen molar-refractivity contribution < 1.29 is 13.9 Å². The summed E-state index contributed by atoms with van der Waals surface area (Å²) in [6.07, 6.45) is 3.06. The monoisotopic (exact) mass is 241 g/mol. The number of amides is 1. The van der Waals surface area contributed by atoms with Crippen molar-refractivity contribution in [2.75, 3.05) is 26.3 Å². The van der Waals surface area contributed by atoms with Crippen LogP contribution in [0.25, 0.3) is 0 Å². The third-order valence-electron chi connectivity index (χ3n) is 2.03. The summed E-state index contributed by atoms with van der Waals surface area (Å²) < 4.78 is 18.3. The smallest absolute Gasteiger partial charge is 0.254 e. The van der Waals surface area contributed by atoms with Crippen LogP contribution in [0.3, 0.4) is 0 Å². The molecule has 0 aliphatic heterocycles. The van der Waals surface area contributed by atoms with Gasteiger partial charge in [0.25, 0.3) is 5.91 Å². The second kappa shape index (κ2) is 7.70. The number of hydrogen-bond donors (Lipinski definition) is 2. The van der Waals surface area contributed by atoms with Gasteiger partial charge < -0.3 is 15.8 Å². The Morgan fingerprint density at radius 2 is 2.35 bits per heavy atom. The maximum atomic E-state index is 13.2. The number of nitrogens with one attached hydrogen (secondary N) is 1. The molecule has 0 aliphatic rings. The van der Waals surface area contributed by atoms with Gasteiger partial charge in [-0.05, 0) is 12.5 Å². The first-order valence-corrected chi connectivity index (χ1v) is 5.41. The minimum absolute atomic E-state index is 0.00266. The molecule has 0 fully saturated rings. The van der Waals surface area contributed by atoms with E-state index in [1.54, 1.807) is 0 Å². The zero-order chi connectivity index (χ0) is 12.5. The van der Waals surface area contributed by atoms with E-state index in [-0.39, 0.29) is 5.56 Å². The van der Waals surface area contributed by atoms with Gasteiger partial charge in [-0.15, -0.1) is 0 Å². The Hall–Kier alpha value is -1.53. The Labute approximate surface area is 99.2 Å². The largest absolute Gasteiger partial charge is 0.380 e. The molecule has 0 unspecified atom stereocenters. The average molecular weight is 241 g/mol. The molecular formula is C11H16FN3O2. The number of ether oxygens (including phenoxy) is 1. The van der Waals surface area contributed by atoms with Gasteiger partial charge in [-0.1, -0.05) is 0 Å². The van der Waals surface area contributed by atoms with Crippen LogP contribution in [-0.2, 0) is 4.74 Å². The highest BCUT2D eigenvalue weighted by atomic mass is 19.1. The number of pyridine rings is 1. The van der Waals surface area contributed by atoms with Gasteiger partial charge in [-0.2, -0.15) is 0 Å². The highest BCUT2D eigenvalue weighted by Crippen LogP contribution is 2.03. The molecule has 1 heterocycles. The molecular weight excluding hydrogens is 225 g/mol. The van der Waals surface area contributed by atoms with Crippen LogP contribution in [0.4, 0.5) is 4.39 Å². The highest BCUT2D eigenvalue weighted by Gasteiger charge is 2.09. The molecule has 0 bridgehead atoms. The van der Waals surface area contributed by atoms with Gasteiger partial charge in [0.05, 0.1) is 18.4 Å². The van der Waals surface area contributed by atoms with Crippen LogP contribution in [0.2, 0.25) is 0 Å². The van der Waals surface area contributed by atoms with Crippen LogP contribution in [0.1, 0.15) is 16.8 Å². The van der Waals surface area contributed by atoms with Crippen molar-refractivity contribution in [2.24, 2.45) is 5.73 Å². The van der Waals surface area contributed by atoms with E-state index in [9.17, 15) is 9.18 Å². The first kappa shape index (κ1) is 13.5. The van der Waals surface area contributed by atoms with Gasteiger partial charge in [-0.25, -0.2) is 4.39 Å². The van der Waals surface area contributed by atoms with E-state index in [1.165, 1.54) is 12.3 Å². The van der Waals surface area contributed by atoms with E-state index in [2.05, 4.69) is 10.3 Å². The molecule has 0 saturated carbocycles. The lowest BCUT2D eigenvalue weighted by atomic mass is 10.2. The third-order valence-corrected chi connectivity index (χ3v) is 2.03. The van der Waals surface area contributed by atoms with Gasteiger partial charge in [-0.3, -0.25) is 9.78 Å². The van der Waals surface area contributed by atoms with Crippen LogP contribution in [0, 0.1) is 5.82 Å². The van der Waals surface area contributed by atoms with Crippen LogP contribution in [-0.4, -0.2) is 37.2 Å². The molecule has 0 saturated heterocycles. The van der Waals surface area contributed by atoms with Gasteiger partial charge in [0.1, 0.15) is 0 Å². The van der Waals surface area contributed by atoms with Gasteiger partial charge >= 0.3 is 0 Å². The number of aromatic nitrogens is 1. The second-order valence-electron chi connectivity index (χ2n) is 3.37. The fourth-order valence-electron chi connectivity index (χ4n) is 1.22. The Morgan fingerprint density at radius 1 is 1.53 bits per heavy atom. The molecule has 0 aromatic carbocycles. The van der Waals surface area contributed by atoms with Crippen molar-refractivity contribution in [1.82, 2.24) is 10.3 Å². The molecule has 17 heavy (non-hydrogen) atoms. The van der Waals surface area contributed by atoms with Crippen molar-refractivity contribution in [1.29, 1.82) is 0 Å². The SMILES string of the molecule is NCCOCCCNC(=O)c1ccncc1F. The summed E-state index contributed by atoms with van der Waals surface area (Å²) in [5.41, 5.74) is 5.24. The van der Waals surface area contributed by atoms with Crippen LogP contribution in [0.5, 0.6) is 0 Å². The second-order valence-corrected chi connectivity index (χ2v) is 3.37. The molecule has 6 heteroatoms. The predicted molar refractivity (Wildman–Crippen MR) is 61.0 cm³/mol. The molecule has 1 aromatic rings. The summed E-state index contributed by atoms with van der Waals surface area (Å²) in [7, 11) is 0. The number of carbonyl (C=O) groups excluding carboxylic acids is 1. The normalized spacial score (nSPS) is 10.2. The van der Waals surface area contributed by atoms with Crippen molar-refractivity contribution in [3.63, 3.8) is 0 Å². The van der Waals surface area contributed by atoms with Gasteiger partial charge in [0.15, 0.2) is 5.82 Å². The summed E-state index contributed by atoms with van der Waals surface area (Å²) in [6.45, 7) is 1.95. The summed E-state index contributed by atoms with van der Waals surface area (Å²) >= 11 is 0. The van der Waals surface area contributed by atoms with Gasteiger partial charge in [0.2, 0.25) is 0 Å². The predicted octanol–water partition coefficient (Wildman–Crippen LogP) is 0.316. The minimum Gasteiger partial charge on any atom is -0.380 e. The highest BCUT2D eigenvalue weighted by molar-refractivity contribution is 5.94. The zero-order valence-corrected chi connectivity index (χ0v) is 9.49. The van der Waals surface area contributed by atoms with Crippen molar-refractivity contribution in [2.45, 2.75) is 6.42 Å². The number of halogens is 1. The number of nitrogens with zero attached hydrogens (tertiary/aromatic N) is 1. The fraction of sp³-hybridized carbons (Fsp3) is 0.455. The summed E-state index contributed by atoms with van der Waals surface area (Å²) in [6, 6.07) is 1.34. The Kier molecular flexibility index (Phi) is 6.13. The van der Waals surface area contributed by atoms with Crippen molar-refractivity contribution in [3.05, 3.63) is 29.8 Å². The molecule has 0 aliphatic carbocycles. The van der Waals surface area contributed by atoms with E-state index in [4.69, 9.17) is 10.5 Å². The van der Waals surface area contributed by atoms with E-state index in [1.807, 2.05) is 0 Å². The molecule has 0 spiro atoms. The van der Waals surface area contributed by atoms with E-state index in [0.717, 1.165) is 6.20 Å². The molecule has 5 nitrogen and oxygen atoms in total. The number of nitrogens with two attached hydrogens (primary N) is 1. The Balaban J connectivity index is 2.24. The molecule has 3 N–H and O–H groups in total. The molecule has 0 atom stereocenters. The zero-order valence-electron chi connectivity index (χ0n) is 9.49. The van der Waals surface area contributed by atoms with Crippen LogP contribution < -0.4 is 11.1 Å². The van der Waals surface area contributed by atoms with E-state index >= 15 is 0 Å². The first-order chi connectivity index (χ1) is 8.25. The lowest BCUT2D eigenvalue weighted by molar-refractivity contribution is 0.0939. The minimum atomic E-state index is -0.621. The first-order valence-electron chi connectivity index (χ1n) is 5.41. The lowest BCUT2D eigenvalue weighted by Gasteiger charge is -2.06.